The molecular weight excluding hydrogens is 421 g/mol. The SMILES string of the molecule is COc1cccc(C(CNC(=O)C2CC3CCCC(C2)C3N)N2CCCC2)c1.Cl.Cl. The van der Waals surface area contributed by atoms with Crippen LogP contribution in [0.5, 0.6) is 5.75 Å². The summed E-state index contributed by atoms with van der Waals surface area (Å²) in [7, 11) is 1.70. The van der Waals surface area contributed by atoms with Crippen LogP contribution in [0.4, 0.5) is 0 Å². The standard InChI is InChI=1S/C23H35N3O2.2ClH/c1-28-20-9-5-6-16(14-20)21(26-10-2-3-11-26)15-25-23(27)19-12-17-7-4-8-18(13-19)22(17)24;;/h5-6,9,14,17-19,21-22H,2-4,7-8,10-13,15,24H2,1H3,(H,25,27);2*1H. The van der Waals surface area contributed by atoms with Crippen molar-refractivity contribution in [2.75, 3.05) is 26.7 Å². The molecule has 170 valence electrons. The number of rotatable bonds is 6. The fraction of sp³-hybridized carbons (Fsp3) is 0.696. The number of hydrogen-bond acceptors (Lipinski definition) is 4. The first-order valence-electron chi connectivity index (χ1n) is 11.1. The van der Waals surface area contributed by atoms with Gasteiger partial charge in [-0.2, -0.15) is 0 Å². The Bertz CT molecular complexity index is 670. The third-order valence-electron chi connectivity index (χ3n) is 7.31. The molecule has 7 heteroatoms. The molecular formula is C23H37Cl2N3O2. The largest absolute Gasteiger partial charge is 0.497 e. The molecule has 0 aromatic heterocycles. The Balaban J connectivity index is 0.00000160. The van der Waals surface area contributed by atoms with E-state index in [2.05, 4.69) is 22.3 Å². The number of fused-ring (bicyclic) bond motifs is 2. The summed E-state index contributed by atoms with van der Waals surface area (Å²) >= 11 is 0. The van der Waals surface area contributed by atoms with E-state index in [-0.39, 0.29) is 42.7 Å². The van der Waals surface area contributed by atoms with Crippen molar-refractivity contribution in [2.45, 2.75) is 57.0 Å². The number of nitrogens with zero attached hydrogens (tertiary/aromatic N) is 1. The fourth-order valence-electron chi connectivity index (χ4n) is 5.70. The number of hydrogen-bond donors (Lipinski definition) is 2. The normalized spacial score (nSPS) is 29.3. The molecule has 2 bridgehead atoms. The highest BCUT2D eigenvalue weighted by atomic mass is 35.5. The van der Waals surface area contributed by atoms with Gasteiger partial charge in [-0.15, -0.1) is 24.8 Å². The molecule has 2 aliphatic carbocycles. The third kappa shape index (κ3) is 5.61. The number of ether oxygens (including phenoxy) is 1. The van der Waals surface area contributed by atoms with Crippen molar-refractivity contribution in [2.24, 2.45) is 23.5 Å². The fourth-order valence-corrected chi connectivity index (χ4v) is 5.70. The minimum Gasteiger partial charge on any atom is -0.497 e. The van der Waals surface area contributed by atoms with E-state index in [1.807, 2.05) is 12.1 Å². The average Bonchev–Trinajstić information content (AvgIpc) is 3.22. The second-order valence-corrected chi connectivity index (χ2v) is 8.98. The summed E-state index contributed by atoms with van der Waals surface area (Å²) < 4.78 is 5.42. The molecule has 3 atom stereocenters. The van der Waals surface area contributed by atoms with Crippen LogP contribution < -0.4 is 15.8 Å². The van der Waals surface area contributed by atoms with Gasteiger partial charge in [0.1, 0.15) is 5.75 Å². The number of carbonyl (C=O) groups is 1. The maximum atomic E-state index is 13.0. The van der Waals surface area contributed by atoms with E-state index >= 15 is 0 Å². The Labute approximate surface area is 193 Å². The summed E-state index contributed by atoms with van der Waals surface area (Å²) in [6.45, 7) is 2.87. The molecule has 3 unspecified atom stereocenters. The van der Waals surface area contributed by atoms with Gasteiger partial charge in [0, 0.05) is 18.5 Å². The van der Waals surface area contributed by atoms with Crippen molar-refractivity contribution in [3.63, 3.8) is 0 Å². The number of carbonyl (C=O) groups excluding carboxylic acids is 1. The van der Waals surface area contributed by atoms with Gasteiger partial charge in [-0.05, 0) is 81.1 Å². The zero-order valence-corrected chi connectivity index (χ0v) is 19.6. The van der Waals surface area contributed by atoms with Crippen molar-refractivity contribution >= 4 is 30.7 Å². The van der Waals surface area contributed by atoms with Crippen molar-refractivity contribution in [3.05, 3.63) is 29.8 Å². The van der Waals surface area contributed by atoms with E-state index in [9.17, 15) is 4.79 Å². The molecule has 1 heterocycles. The molecule has 5 nitrogen and oxygen atoms in total. The molecule has 1 aliphatic heterocycles. The molecule has 1 aromatic rings. The van der Waals surface area contributed by atoms with E-state index in [4.69, 9.17) is 10.5 Å². The summed E-state index contributed by atoms with van der Waals surface area (Å²) in [4.78, 5) is 15.5. The lowest BCUT2D eigenvalue weighted by molar-refractivity contribution is -0.128. The summed E-state index contributed by atoms with van der Waals surface area (Å²) in [6, 6.07) is 8.82. The number of nitrogens with two attached hydrogens (primary N) is 1. The lowest BCUT2D eigenvalue weighted by atomic mass is 9.65. The summed E-state index contributed by atoms with van der Waals surface area (Å²) in [5.74, 6) is 2.32. The second kappa shape index (κ2) is 11.6. The number of nitrogens with one attached hydrogen (secondary N) is 1. The molecule has 0 radical (unpaired) electrons. The van der Waals surface area contributed by atoms with Gasteiger partial charge in [0.05, 0.1) is 13.2 Å². The highest BCUT2D eigenvalue weighted by Crippen LogP contribution is 2.42. The first-order chi connectivity index (χ1) is 13.7. The Morgan fingerprint density at radius 1 is 1.17 bits per heavy atom. The number of amides is 1. The lowest BCUT2D eigenvalue weighted by Crippen LogP contribution is -2.49. The predicted molar refractivity (Wildman–Crippen MR) is 126 cm³/mol. The quantitative estimate of drug-likeness (QED) is 0.678. The molecule has 1 amide bonds. The number of benzene rings is 1. The van der Waals surface area contributed by atoms with E-state index < -0.39 is 0 Å². The highest BCUT2D eigenvalue weighted by molar-refractivity contribution is 5.85. The van der Waals surface area contributed by atoms with E-state index in [0.29, 0.717) is 24.4 Å². The average molecular weight is 458 g/mol. The molecule has 4 rings (SSSR count). The number of likely N-dealkylation sites (tertiary alicyclic amines) is 1. The van der Waals surface area contributed by atoms with Crippen molar-refractivity contribution in [3.8, 4) is 5.75 Å². The first-order valence-corrected chi connectivity index (χ1v) is 11.1. The molecule has 1 saturated heterocycles. The summed E-state index contributed by atoms with van der Waals surface area (Å²) in [6.07, 6.45) is 8.08. The Morgan fingerprint density at radius 2 is 1.83 bits per heavy atom. The molecule has 3 N–H and O–H groups in total. The Kier molecular flexibility index (Phi) is 9.73. The van der Waals surface area contributed by atoms with Crippen LogP contribution >= 0.6 is 24.8 Å². The van der Waals surface area contributed by atoms with Crippen molar-refractivity contribution < 1.29 is 9.53 Å². The third-order valence-corrected chi connectivity index (χ3v) is 7.31. The van der Waals surface area contributed by atoms with Gasteiger partial charge in [0.25, 0.3) is 0 Å². The van der Waals surface area contributed by atoms with E-state index in [0.717, 1.165) is 31.7 Å². The molecule has 2 saturated carbocycles. The summed E-state index contributed by atoms with van der Waals surface area (Å²) in [5.41, 5.74) is 7.63. The number of methoxy groups -OCH3 is 1. The van der Waals surface area contributed by atoms with Crippen molar-refractivity contribution in [1.82, 2.24) is 10.2 Å². The molecule has 30 heavy (non-hydrogen) atoms. The Morgan fingerprint density at radius 3 is 2.47 bits per heavy atom. The van der Waals surface area contributed by atoms with Gasteiger partial charge < -0.3 is 15.8 Å². The second-order valence-electron chi connectivity index (χ2n) is 8.98. The Hall–Kier alpha value is -1.01. The minimum absolute atomic E-state index is 0. The number of halogens is 2. The van der Waals surface area contributed by atoms with Gasteiger partial charge in [0.2, 0.25) is 5.91 Å². The van der Waals surface area contributed by atoms with Gasteiger partial charge in [0.15, 0.2) is 0 Å². The summed E-state index contributed by atoms with van der Waals surface area (Å²) in [5, 5.41) is 3.31. The van der Waals surface area contributed by atoms with Crippen LogP contribution in [-0.4, -0.2) is 43.6 Å². The van der Waals surface area contributed by atoms with Gasteiger partial charge in [-0.3, -0.25) is 9.69 Å². The molecule has 3 aliphatic rings. The topological polar surface area (TPSA) is 67.6 Å². The van der Waals surface area contributed by atoms with Crippen LogP contribution in [-0.2, 0) is 4.79 Å². The molecule has 3 fully saturated rings. The smallest absolute Gasteiger partial charge is 0.223 e. The minimum atomic E-state index is 0. The zero-order chi connectivity index (χ0) is 19.5. The monoisotopic (exact) mass is 457 g/mol. The van der Waals surface area contributed by atoms with Crippen LogP contribution in [0.15, 0.2) is 24.3 Å². The van der Waals surface area contributed by atoms with Crippen molar-refractivity contribution in [1.29, 1.82) is 0 Å². The first kappa shape index (κ1) is 25.3. The maximum Gasteiger partial charge on any atom is 0.223 e. The van der Waals surface area contributed by atoms with Gasteiger partial charge in [-0.25, -0.2) is 0 Å². The lowest BCUT2D eigenvalue weighted by Gasteiger charge is -2.43. The molecule has 1 aromatic carbocycles. The zero-order valence-electron chi connectivity index (χ0n) is 17.9. The highest BCUT2D eigenvalue weighted by Gasteiger charge is 2.40. The van der Waals surface area contributed by atoms with Crippen LogP contribution in [0.25, 0.3) is 0 Å². The molecule has 0 spiro atoms. The van der Waals surface area contributed by atoms with Crippen LogP contribution in [0.3, 0.4) is 0 Å². The maximum absolute atomic E-state index is 13.0. The van der Waals surface area contributed by atoms with E-state index in [1.54, 1.807) is 7.11 Å². The van der Waals surface area contributed by atoms with Gasteiger partial charge in [-0.1, -0.05) is 18.6 Å². The van der Waals surface area contributed by atoms with Crippen LogP contribution in [0.2, 0.25) is 0 Å². The van der Waals surface area contributed by atoms with Crippen LogP contribution in [0, 0.1) is 17.8 Å². The van der Waals surface area contributed by atoms with E-state index in [1.165, 1.54) is 37.7 Å². The van der Waals surface area contributed by atoms with Gasteiger partial charge >= 0.3 is 0 Å². The predicted octanol–water partition coefficient (Wildman–Crippen LogP) is 3.95. The van der Waals surface area contributed by atoms with Crippen LogP contribution in [0.1, 0.15) is 56.6 Å².